The van der Waals surface area contributed by atoms with Crippen molar-refractivity contribution in [3.8, 4) is 0 Å². The number of hydrogen-bond acceptors (Lipinski definition) is 5. The van der Waals surface area contributed by atoms with E-state index >= 15 is 0 Å². The minimum Gasteiger partial charge on any atom is -0.342 e. The van der Waals surface area contributed by atoms with E-state index in [2.05, 4.69) is 10.6 Å². The van der Waals surface area contributed by atoms with Gasteiger partial charge in [0, 0.05) is 27.3 Å². The zero-order chi connectivity index (χ0) is 15.1. The Kier molecular flexibility index (Phi) is 3.34. The predicted octanol–water partition coefficient (Wildman–Crippen LogP) is -0.754. The summed E-state index contributed by atoms with van der Waals surface area (Å²) in [7, 11) is 2.75. The lowest BCUT2D eigenvalue weighted by Crippen LogP contribution is -2.81. The second kappa shape index (κ2) is 4.60. The van der Waals surface area contributed by atoms with Gasteiger partial charge in [-0.2, -0.15) is 0 Å². The molecule has 0 saturated carbocycles. The van der Waals surface area contributed by atoms with Crippen molar-refractivity contribution in [1.82, 2.24) is 20.4 Å². The molecule has 2 rings (SSSR count). The van der Waals surface area contributed by atoms with Crippen LogP contribution in [0.5, 0.6) is 0 Å². The van der Waals surface area contributed by atoms with Crippen LogP contribution in [0.15, 0.2) is 0 Å². The third-order valence-corrected chi connectivity index (χ3v) is 3.42. The van der Waals surface area contributed by atoms with Crippen molar-refractivity contribution >= 4 is 18.0 Å². The number of carbonyl (C=O) groups is 3. The maximum absolute atomic E-state index is 12.5. The van der Waals surface area contributed by atoms with Crippen molar-refractivity contribution in [1.29, 1.82) is 0 Å². The van der Waals surface area contributed by atoms with Gasteiger partial charge in [0.15, 0.2) is 0 Å². The number of amides is 5. The Balaban J connectivity index is 2.62. The van der Waals surface area contributed by atoms with Crippen molar-refractivity contribution in [3.05, 3.63) is 0 Å². The highest BCUT2D eigenvalue weighted by Crippen LogP contribution is 2.38. The van der Waals surface area contributed by atoms with E-state index in [1.807, 2.05) is 0 Å². The van der Waals surface area contributed by atoms with Crippen LogP contribution in [0.25, 0.3) is 0 Å². The van der Waals surface area contributed by atoms with Gasteiger partial charge in [-0.25, -0.2) is 9.59 Å². The van der Waals surface area contributed by atoms with Gasteiger partial charge in [-0.1, -0.05) is 0 Å². The van der Waals surface area contributed by atoms with E-state index < -0.39 is 29.5 Å². The molecule has 0 aliphatic carbocycles. The Labute approximate surface area is 116 Å². The average Bonchev–Trinajstić information content (AvgIpc) is 2.69. The molecule has 2 N–H and O–H groups in total. The molecule has 5 amide bonds. The molecule has 2 aliphatic rings. The summed E-state index contributed by atoms with van der Waals surface area (Å²) in [5.74, 6) is -2.38. The number of urea groups is 2. The number of imide groups is 1. The summed E-state index contributed by atoms with van der Waals surface area (Å²) in [4.78, 5) is 38.5. The average molecular weight is 286 g/mol. The Morgan fingerprint density at radius 1 is 1.05 bits per heavy atom. The topological polar surface area (TPSA) is 100 Å². The number of carbonyl (C=O) groups excluding carboxylic acids is 3. The first kappa shape index (κ1) is 14.5. The van der Waals surface area contributed by atoms with Crippen LogP contribution in [0, 0.1) is 0 Å². The lowest BCUT2D eigenvalue weighted by molar-refractivity contribution is -0.264. The quantitative estimate of drug-likeness (QED) is 0.708. The van der Waals surface area contributed by atoms with Gasteiger partial charge < -0.3 is 9.47 Å². The number of rotatable bonds is 4. The second-order valence-corrected chi connectivity index (χ2v) is 4.48. The fraction of sp³-hybridized carbons (Fsp3) is 0.727. The minimum atomic E-state index is -1.80. The molecule has 9 heteroatoms. The number of hydrogen-bond donors (Lipinski definition) is 2. The first-order valence-electron chi connectivity index (χ1n) is 6.30. The predicted molar refractivity (Wildman–Crippen MR) is 66.3 cm³/mol. The molecule has 0 aromatic heterocycles. The molecule has 2 heterocycles. The number of nitrogens with zero attached hydrogens (tertiary/aromatic N) is 2. The zero-order valence-electron chi connectivity index (χ0n) is 11.8. The highest BCUT2D eigenvalue weighted by atomic mass is 16.6. The molecule has 112 valence electrons. The van der Waals surface area contributed by atoms with E-state index in [4.69, 9.17) is 9.47 Å². The Morgan fingerprint density at radius 3 is 2.20 bits per heavy atom. The molecule has 2 aliphatic heterocycles. The van der Waals surface area contributed by atoms with Crippen LogP contribution in [0.4, 0.5) is 9.59 Å². The molecular weight excluding hydrogens is 268 g/mol. The van der Waals surface area contributed by atoms with E-state index in [1.54, 1.807) is 13.8 Å². The molecule has 0 spiro atoms. The van der Waals surface area contributed by atoms with Crippen LogP contribution < -0.4 is 10.6 Å². The number of likely N-dealkylation sites (N-methyl/N-ethyl adjacent to an activating group) is 2. The molecular formula is C11H18N4O5. The summed E-state index contributed by atoms with van der Waals surface area (Å²) in [5, 5.41) is 4.93. The van der Waals surface area contributed by atoms with Gasteiger partial charge in [-0.05, 0) is 13.8 Å². The summed E-state index contributed by atoms with van der Waals surface area (Å²) in [6.07, 6.45) is 0. The molecule has 2 fully saturated rings. The summed E-state index contributed by atoms with van der Waals surface area (Å²) in [6, 6.07) is -1.24. The summed E-state index contributed by atoms with van der Waals surface area (Å²) in [6.45, 7) is 3.69. The molecule has 0 aromatic rings. The summed E-state index contributed by atoms with van der Waals surface area (Å²) < 4.78 is 11.1. The molecule has 0 bridgehead atoms. The first-order chi connectivity index (χ1) is 9.36. The summed E-state index contributed by atoms with van der Waals surface area (Å²) >= 11 is 0. The lowest BCUT2D eigenvalue weighted by Gasteiger charge is -2.51. The standard InChI is InChI=1S/C11H18N4O5/c1-5-19-10-7(16)14(3)9(18)15(4)11(10,20-6-2)13-8(17)12-10/h5-6H2,1-4H3,(H2,12,13,17). The maximum Gasteiger partial charge on any atom is 0.330 e. The zero-order valence-corrected chi connectivity index (χ0v) is 11.8. The second-order valence-electron chi connectivity index (χ2n) is 4.48. The number of nitrogens with one attached hydrogen (secondary N) is 2. The van der Waals surface area contributed by atoms with Gasteiger partial charge in [-0.3, -0.25) is 25.2 Å². The summed E-state index contributed by atoms with van der Waals surface area (Å²) in [5.41, 5.74) is -1.80. The largest absolute Gasteiger partial charge is 0.342 e. The molecule has 0 aromatic carbocycles. The molecule has 9 nitrogen and oxygen atoms in total. The smallest absolute Gasteiger partial charge is 0.330 e. The van der Waals surface area contributed by atoms with Crippen molar-refractivity contribution in [3.63, 3.8) is 0 Å². The van der Waals surface area contributed by atoms with Gasteiger partial charge in [0.05, 0.1) is 0 Å². The fourth-order valence-corrected chi connectivity index (χ4v) is 2.57. The van der Waals surface area contributed by atoms with Crippen LogP contribution in [-0.4, -0.2) is 66.7 Å². The third kappa shape index (κ3) is 1.53. The van der Waals surface area contributed by atoms with E-state index in [9.17, 15) is 14.4 Å². The van der Waals surface area contributed by atoms with Crippen LogP contribution in [0.3, 0.4) is 0 Å². The Hall–Kier alpha value is -1.87. The SMILES string of the molecule is CCOC12NC(=O)NC1(OCC)N(C)C(=O)N(C)C2=O. The van der Waals surface area contributed by atoms with Crippen molar-refractivity contribution in [2.45, 2.75) is 25.4 Å². The van der Waals surface area contributed by atoms with Crippen molar-refractivity contribution < 1.29 is 23.9 Å². The van der Waals surface area contributed by atoms with Crippen molar-refractivity contribution in [2.75, 3.05) is 27.3 Å². The lowest BCUT2D eigenvalue weighted by atomic mass is 10.0. The van der Waals surface area contributed by atoms with E-state index in [0.717, 1.165) is 9.80 Å². The van der Waals surface area contributed by atoms with Gasteiger partial charge in [0.1, 0.15) is 0 Å². The van der Waals surface area contributed by atoms with Crippen LogP contribution in [0.2, 0.25) is 0 Å². The van der Waals surface area contributed by atoms with Crippen LogP contribution >= 0.6 is 0 Å². The maximum atomic E-state index is 12.5. The highest BCUT2D eigenvalue weighted by Gasteiger charge is 2.73. The van der Waals surface area contributed by atoms with E-state index in [1.165, 1.54) is 14.1 Å². The van der Waals surface area contributed by atoms with Gasteiger partial charge in [0.2, 0.25) is 0 Å². The molecule has 20 heavy (non-hydrogen) atoms. The van der Waals surface area contributed by atoms with Crippen molar-refractivity contribution in [2.24, 2.45) is 0 Å². The van der Waals surface area contributed by atoms with Gasteiger partial charge >= 0.3 is 12.1 Å². The Bertz CT molecular complexity index is 470. The first-order valence-corrected chi connectivity index (χ1v) is 6.30. The third-order valence-electron chi connectivity index (χ3n) is 3.42. The Morgan fingerprint density at radius 2 is 1.65 bits per heavy atom. The highest BCUT2D eigenvalue weighted by molar-refractivity contribution is 6.06. The monoisotopic (exact) mass is 286 g/mol. The number of fused-ring (bicyclic) bond motifs is 1. The molecule has 2 unspecified atom stereocenters. The van der Waals surface area contributed by atoms with E-state index in [-0.39, 0.29) is 13.2 Å². The molecule has 0 radical (unpaired) electrons. The van der Waals surface area contributed by atoms with E-state index in [0.29, 0.717) is 0 Å². The molecule has 2 saturated heterocycles. The normalized spacial score (nSPS) is 33.1. The van der Waals surface area contributed by atoms with Crippen LogP contribution in [-0.2, 0) is 14.3 Å². The number of ether oxygens (including phenoxy) is 2. The van der Waals surface area contributed by atoms with Crippen LogP contribution in [0.1, 0.15) is 13.8 Å². The molecule has 2 atom stereocenters. The fourth-order valence-electron chi connectivity index (χ4n) is 2.57. The van der Waals surface area contributed by atoms with Gasteiger partial charge in [-0.15, -0.1) is 0 Å². The minimum absolute atomic E-state index is 0.151. The van der Waals surface area contributed by atoms with Gasteiger partial charge in [0.25, 0.3) is 17.5 Å².